The van der Waals surface area contributed by atoms with E-state index in [-0.39, 0.29) is 0 Å². The molecule has 4 heteroatoms. The lowest BCUT2D eigenvalue weighted by Gasteiger charge is -2.12. The van der Waals surface area contributed by atoms with Crippen molar-refractivity contribution in [3.63, 3.8) is 0 Å². The summed E-state index contributed by atoms with van der Waals surface area (Å²) in [6, 6.07) is 47.4. The van der Waals surface area contributed by atoms with Gasteiger partial charge in [-0.3, -0.25) is 9.55 Å². The summed E-state index contributed by atoms with van der Waals surface area (Å²) in [5.41, 5.74) is 7.78. The van der Waals surface area contributed by atoms with Crippen molar-refractivity contribution in [3.8, 4) is 22.8 Å². The highest BCUT2D eigenvalue weighted by atomic mass is 15.1. The van der Waals surface area contributed by atoms with Crippen molar-refractivity contribution in [1.29, 1.82) is 0 Å². The third-order valence-electron chi connectivity index (χ3n) is 8.41. The van der Waals surface area contributed by atoms with Crippen LogP contribution in [0.2, 0.25) is 0 Å². The van der Waals surface area contributed by atoms with Crippen molar-refractivity contribution in [2.75, 3.05) is 0 Å². The summed E-state index contributed by atoms with van der Waals surface area (Å²) in [5, 5.41) is 7.18. The van der Waals surface area contributed by atoms with Crippen molar-refractivity contribution in [2.45, 2.75) is 0 Å². The van der Waals surface area contributed by atoms with Crippen LogP contribution in [0.15, 0.2) is 146 Å². The molecule has 42 heavy (non-hydrogen) atoms. The molecule has 4 nitrogen and oxygen atoms in total. The lowest BCUT2D eigenvalue weighted by atomic mass is 10.1. The van der Waals surface area contributed by atoms with Crippen molar-refractivity contribution in [2.24, 2.45) is 0 Å². The first-order chi connectivity index (χ1) is 20.8. The molecule has 0 atom stereocenters. The normalized spacial score (nSPS) is 11.8. The topological polar surface area (TPSA) is 35.6 Å². The molecule has 9 rings (SSSR count). The number of nitrogens with zero attached hydrogens (tertiary/aromatic N) is 4. The van der Waals surface area contributed by atoms with Gasteiger partial charge in [0.15, 0.2) is 0 Å². The Balaban J connectivity index is 1.38. The molecule has 4 aromatic heterocycles. The lowest BCUT2D eigenvalue weighted by molar-refractivity contribution is 1.10. The van der Waals surface area contributed by atoms with E-state index in [9.17, 15) is 0 Å². The van der Waals surface area contributed by atoms with Crippen molar-refractivity contribution in [1.82, 2.24) is 19.1 Å². The SMILES string of the molecule is c1ccc(-c2ccc3c4ccccc4n(-c4ccc5c6ccccc6n(-c6nccc7ccccc67)c5c4)c3c2)nc1. The maximum absolute atomic E-state index is 4.94. The quantitative estimate of drug-likeness (QED) is 0.225. The first-order valence-electron chi connectivity index (χ1n) is 14.2. The van der Waals surface area contributed by atoms with Gasteiger partial charge < -0.3 is 4.57 Å². The van der Waals surface area contributed by atoms with E-state index in [1.165, 1.54) is 32.4 Å². The molecule has 0 unspecified atom stereocenters. The van der Waals surface area contributed by atoms with E-state index < -0.39 is 0 Å². The fourth-order valence-corrected chi connectivity index (χ4v) is 6.55. The molecule has 9 aromatic rings. The first kappa shape index (κ1) is 23.0. The van der Waals surface area contributed by atoms with Crippen LogP contribution in [0.1, 0.15) is 0 Å². The van der Waals surface area contributed by atoms with E-state index in [0.29, 0.717) is 0 Å². The van der Waals surface area contributed by atoms with Gasteiger partial charge in [0, 0.05) is 50.6 Å². The Morgan fingerprint density at radius 1 is 0.405 bits per heavy atom. The Labute approximate surface area is 241 Å². The molecule has 0 fully saturated rings. The van der Waals surface area contributed by atoms with Gasteiger partial charge in [-0.15, -0.1) is 0 Å². The average molecular weight is 537 g/mol. The van der Waals surface area contributed by atoms with Crippen molar-refractivity contribution >= 4 is 54.4 Å². The van der Waals surface area contributed by atoms with Crippen LogP contribution in [0.5, 0.6) is 0 Å². The summed E-state index contributed by atoms with van der Waals surface area (Å²) in [6.07, 6.45) is 3.76. The van der Waals surface area contributed by atoms with E-state index in [1.54, 1.807) is 0 Å². The number of para-hydroxylation sites is 2. The second kappa shape index (κ2) is 8.88. The van der Waals surface area contributed by atoms with Crippen molar-refractivity contribution < 1.29 is 0 Å². The van der Waals surface area contributed by atoms with Crippen LogP contribution in [-0.4, -0.2) is 19.1 Å². The maximum atomic E-state index is 4.94. The fourth-order valence-electron chi connectivity index (χ4n) is 6.55. The number of hydrogen-bond donors (Lipinski definition) is 0. The molecule has 196 valence electrons. The first-order valence-corrected chi connectivity index (χ1v) is 14.2. The number of rotatable bonds is 3. The van der Waals surface area contributed by atoms with Crippen molar-refractivity contribution in [3.05, 3.63) is 146 Å². The van der Waals surface area contributed by atoms with Gasteiger partial charge in [-0.1, -0.05) is 84.9 Å². The molecule has 0 aliphatic carbocycles. The minimum absolute atomic E-state index is 0.941. The third kappa shape index (κ3) is 3.29. The zero-order valence-electron chi connectivity index (χ0n) is 22.6. The summed E-state index contributed by atoms with van der Waals surface area (Å²) in [7, 11) is 0. The van der Waals surface area contributed by atoms with Crippen LogP contribution in [0.3, 0.4) is 0 Å². The predicted octanol–water partition coefficient (Wildman–Crippen LogP) is 9.49. The molecule has 0 amide bonds. The summed E-state index contributed by atoms with van der Waals surface area (Å²) in [6.45, 7) is 0. The summed E-state index contributed by atoms with van der Waals surface area (Å²) >= 11 is 0. The van der Waals surface area contributed by atoms with E-state index >= 15 is 0 Å². The lowest BCUT2D eigenvalue weighted by Crippen LogP contribution is -2.00. The molecule has 0 spiro atoms. The highest BCUT2D eigenvalue weighted by molar-refractivity contribution is 6.13. The second-order valence-electron chi connectivity index (χ2n) is 10.7. The average Bonchev–Trinajstić information content (AvgIpc) is 3.57. The molecule has 0 aliphatic heterocycles. The molecular formula is C38H24N4. The number of hydrogen-bond acceptors (Lipinski definition) is 2. The van der Waals surface area contributed by atoms with Crippen LogP contribution < -0.4 is 0 Å². The van der Waals surface area contributed by atoms with Gasteiger partial charge in [0.05, 0.1) is 27.8 Å². The minimum Gasteiger partial charge on any atom is -0.309 e. The smallest absolute Gasteiger partial charge is 0.145 e. The van der Waals surface area contributed by atoms with Crippen LogP contribution in [-0.2, 0) is 0 Å². The number of aromatic nitrogens is 4. The van der Waals surface area contributed by atoms with Gasteiger partial charge in [-0.25, -0.2) is 4.98 Å². The maximum Gasteiger partial charge on any atom is 0.145 e. The van der Waals surface area contributed by atoms with Crippen LogP contribution >= 0.6 is 0 Å². The van der Waals surface area contributed by atoms with Crippen LogP contribution in [0.4, 0.5) is 0 Å². The number of pyridine rings is 2. The molecule has 0 saturated carbocycles. The Kier molecular flexibility index (Phi) is 4.87. The van der Waals surface area contributed by atoms with E-state index in [1.807, 2.05) is 24.5 Å². The molecular weight excluding hydrogens is 512 g/mol. The second-order valence-corrected chi connectivity index (χ2v) is 10.7. The fraction of sp³-hybridized carbons (Fsp3) is 0. The van der Waals surface area contributed by atoms with Gasteiger partial charge in [0.1, 0.15) is 5.82 Å². The summed E-state index contributed by atoms with van der Waals surface area (Å²) < 4.78 is 4.71. The molecule has 4 heterocycles. The van der Waals surface area contributed by atoms with Gasteiger partial charge >= 0.3 is 0 Å². The standard InChI is InChI=1S/C38H24N4/c1-2-10-28-25(9-1)20-22-40-38(28)42-35-15-6-4-12-30(35)32-19-17-27(24-37(32)42)41-34-14-5-3-11-29(34)31-18-16-26(23-36(31)41)33-13-7-8-21-39-33/h1-24H. The zero-order valence-corrected chi connectivity index (χ0v) is 22.6. The Morgan fingerprint density at radius 3 is 1.83 bits per heavy atom. The Bertz CT molecular complexity index is 2460. The van der Waals surface area contributed by atoms with E-state index in [4.69, 9.17) is 4.98 Å². The van der Waals surface area contributed by atoms with Gasteiger partial charge in [-0.05, 0) is 53.9 Å². The molecule has 0 N–H and O–H groups in total. The molecule has 0 radical (unpaired) electrons. The minimum atomic E-state index is 0.941. The monoisotopic (exact) mass is 536 g/mol. The Hall–Kier alpha value is -5.74. The van der Waals surface area contributed by atoms with Crippen LogP contribution in [0, 0.1) is 0 Å². The van der Waals surface area contributed by atoms with Crippen LogP contribution in [0.25, 0.3) is 77.1 Å². The van der Waals surface area contributed by atoms with E-state index in [2.05, 4.69) is 135 Å². The summed E-state index contributed by atoms with van der Waals surface area (Å²) in [4.78, 5) is 9.56. The summed E-state index contributed by atoms with van der Waals surface area (Å²) in [5.74, 6) is 0.941. The third-order valence-corrected chi connectivity index (χ3v) is 8.41. The predicted molar refractivity (Wildman–Crippen MR) is 174 cm³/mol. The number of benzene rings is 5. The van der Waals surface area contributed by atoms with E-state index in [0.717, 1.165) is 44.7 Å². The molecule has 0 aliphatic rings. The molecule has 5 aromatic carbocycles. The van der Waals surface area contributed by atoms with Gasteiger partial charge in [-0.2, -0.15) is 0 Å². The molecule has 0 saturated heterocycles. The highest BCUT2D eigenvalue weighted by Crippen LogP contribution is 2.38. The number of fused-ring (bicyclic) bond motifs is 7. The molecule has 0 bridgehead atoms. The highest BCUT2D eigenvalue weighted by Gasteiger charge is 2.18. The van der Waals surface area contributed by atoms with Gasteiger partial charge in [0.2, 0.25) is 0 Å². The zero-order chi connectivity index (χ0) is 27.6. The largest absolute Gasteiger partial charge is 0.309 e. The Morgan fingerprint density at radius 2 is 1.05 bits per heavy atom. The van der Waals surface area contributed by atoms with Gasteiger partial charge in [0.25, 0.3) is 0 Å².